The number of benzene rings is 3. The van der Waals surface area contributed by atoms with Crippen LogP contribution in [0.3, 0.4) is 0 Å². The van der Waals surface area contributed by atoms with Crippen molar-refractivity contribution >= 4 is 39.1 Å². The van der Waals surface area contributed by atoms with Gasteiger partial charge < -0.3 is 30.3 Å². The number of H-pyrrole nitrogens is 2. The predicted octanol–water partition coefficient (Wildman–Crippen LogP) is 3.98. The lowest BCUT2D eigenvalue weighted by molar-refractivity contribution is -0.117. The molecule has 1 unspecified atom stereocenters. The van der Waals surface area contributed by atoms with E-state index in [2.05, 4.69) is 25.6 Å². The van der Waals surface area contributed by atoms with E-state index in [-0.39, 0.29) is 5.56 Å². The number of carbonyl (C=O) groups is 1. The zero-order valence-electron chi connectivity index (χ0n) is 21.0. The van der Waals surface area contributed by atoms with Gasteiger partial charge in [-0.3, -0.25) is 9.59 Å². The Morgan fingerprint density at radius 2 is 1.95 bits per heavy atom. The maximum absolute atomic E-state index is 13.2. The molecule has 6 aromatic rings. The number of pyridine rings is 1. The molecule has 10 heteroatoms. The van der Waals surface area contributed by atoms with Crippen molar-refractivity contribution in [1.29, 1.82) is 0 Å². The number of hydrogen-bond acceptors (Lipinski definition) is 6. The maximum Gasteiger partial charge on any atom is 0.261 e. The molecular weight excluding hydrogens is 494 g/mol. The van der Waals surface area contributed by atoms with Crippen LogP contribution < -0.4 is 16.2 Å². The first-order valence-corrected chi connectivity index (χ1v) is 12.4. The number of hydrogen-bond donors (Lipinski definition) is 5. The van der Waals surface area contributed by atoms with E-state index in [9.17, 15) is 14.7 Å². The Kier molecular flexibility index (Phi) is 6.14. The van der Waals surface area contributed by atoms with Crippen molar-refractivity contribution in [3.8, 4) is 17.1 Å². The van der Waals surface area contributed by atoms with Gasteiger partial charge in [0.25, 0.3) is 5.56 Å². The van der Waals surface area contributed by atoms with Crippen LogP contribution in [0.15, 0.2) is 90.4 Å². The molecule has 39 heavy (non-hydrogen) atoms. The average Bonchev–Trinajstić information content (AvgIpc) is 3.63. The molecule has 0 saturated carbocycles. The number of carbonyl (C=O) groups excluding carboxylic acids is 1. The fourth-order valence-electron chi connectivity index (χ4n) is 4.72. The number of amides is 1. The van der Waals surface area contributed by atoms with Crippen molar-refractivity contribution in [2.45, 2.75) is 13.0 Å². The second kappa shape index (κ2) is 9.92. The summed E-state index contributed by atoms with van der Waals surface area (Å²) in [6.45, 7) is 1.46. The Bertz CT molecular complexity index is 1870. The van der Waals surface area contributed by atoms with Crippen molar-refractivity contribution in [1.82, 2.24) is 24.5 Å². The first kappa shape index (κ1) is 24.1. The number of imidazole rings is 2. The molecule has 3 aromatic heterocycles. The molecule has 0 spiro atoms. The molecule has 0 aliphatic rings. The molecule has 0 aliphatic heterocycles. The fourth-order valence-corrected chi connectivity index (χ4v) is 4.72. The molecule has 10 nitrogen and oxygen atoms in total. The van der Waals surface area contributed by atoms with Gasteiger partial charge in [-0.05, 0) is 42.1 Å². The van der Waals surface area contributed by atoms with Crippen LogP contribution in [0.5, 0.6) is 0 Å². The number of aryl methyl sites for hydroxylation is 1. The first-order valence-electron chi connectivity index (χ1n) is 12.4. The molecule has 3 aromatic carbocycles. The van der Waals surface area contributed by atoms with Crippen molar-refractivity contribution in [3.63, 3.8) is 0 Å². The molecule has 194 valence electrons. The monoisotopic (exact) mass is 519 g/mol. The number of aromatic amines is 2. The second-order valence-corrected chi connectivity index (χ2v) is 9.21. The van der Waals surface area contributed by atoms with Crippen LogP contribution in [-0.4, -0.2) is 48.2 Å². The van der Waals surface area contributed by atoms with E-state index < -0.39 is 24.1 Å². The summed E-state index contributed by atoms with van der Waals surface area (Å²) in [7, 11) is 0. The molecule has 1 atom stereocenters. The van der Waals surface area contributed by atoms with Gasteiger partial charge in [-0.1, -0.05) is 36.4 Å². The van der Waals surface area contributed by atoms with E-state index in [1.54, 1.807) is 18.6 Å². The summed E-state index contributed by atoms with van der Waals surface area (Å²) in [5, 5.41) is 17.9. The Morgan fingerprint density at radius 1 is 1.10 bits per heavy atom. The minimum atomic E-state index is -1.02. The Labute approximate surface area is 222 Å². The molecule has 0 aliphatic carbocycles. The van der Waals surface area contributed by atoms with Crippen LogP contribution in [-0.2, 0) is 4.79 Å². The standard InChI is InChI=1S/C29H25N7O3/c1-17-13-19(36-12-11-30-16-36)14-23-26(17)35-27(33-23)25-22(9-10-31-29(25)39)32-24(15-37)28(38)34-21-8-4-6-18-5-2-3-7-20(18)21/h2-14,16,24,37H,15H2,1H3,(H,33,35)(H,34,38)(H2,31,32,39). The summed E-state index contributed by atoms with van der Waals surface area (Å²) in [5.74, 6) is -0.100. The summed E-state index contributed by atoms with van der Waals surface area (Å²) < 4.78 is 1.88. The quantitative estimate of drug-likeness (QED) is 0.216. The normalized spacial score (nSPS) is 12.1. The Morgan fingerprint density at radius 3 is 2.77 bits per heavy atom. The number of aromatic nitrogens is 5. The molecule has 0 fully saturated rings. The van der Waals surface area contributed by atoms with Gasteiger partial charge in [0.05, 0.1) is 29.7 Å². The van der Waals surface area contributed by atoms with E-state index in [0.29, 0.717) is 17.2 Å². The van der Waals surface area contributed by atoms with Crippen molar-refractivity contribution in [3.05, 3.63) is 101 Å². The smallest absolute Gasteiger partial charge is 0.261 e. The van der Waals surface area contributed by atoms with Crippen molar-refractivity contribution in [2.24, 2.45) is 0 Å². The average molecular weight is 520 g/mol. The number of aliphatic hydroxyl groups is 1. The van der Waals surface area contributed by atoms with Gasteiger partial charge in [0, 0.05) is 35.4 Å². The van der Waals surface area contributed by atoms with E-state index in [1.165, 1.54) is 6.20 Å². The summed E-state index contributed by atoms with van der Waals surface area (Å²) in [5.41, 5.74) is 4.11. The molecule has 0 bridgehead atoms. The van der Waals surface area contributed by atoms with Crippen LogP contribution in [0.2, 0.25) is 0 Å². The van der Waals surface area contributed by atoms with E-state index in [4.69, 9.17) is 4.98 Å². The number of nitrogens with zero attached hydrogens (tertiary/aromatic N) is 3. The number of rotatable bonds is 7. The highest BCUT2D eigenvalue weighted by atomic mass is 16.3. The van der Waals surface area contributed by atoms with Crippen LogP contribution in [0.1, 0.15) is 5.56 Å². The molecule has 3 heterocycles. The number of anilines is 2. The molecule has 5 N–H and O–H groups in total. The Hall–Kier alpha value is -5.22. The van der Waals surface area contributed by atoms with Gasteiger partial charge in [0.15, 0.2) is 0 Å². The minimum absolute atomic E-state index is 0.230. The van der Waals surface area contributed by atoms with Gasteiger partial charge in [-0.2, -0.15) is 0 Å². The Balaban J connectivity index is 1.33. The minimum Gasteiger partial charge on any atom is -0.394 e. The van der Waals surface area contributed by atoms with Gasteiger partial charge in [0.2, 0.25) is 5.91 Å². The lowest BCUT2D eigenvalue weighted by atomic mass is 10.1. The highest BCUT2D eigenvalue weighted by Gasteiger charge is 2.22. The van der Waals surface area contributed by atoms with Gasteiger partial charge >= 0.3 is 0 Å². The lowest BCUT2D eigenvalue weighted by Gasteiger charge is -2.19. The van der Waals surface area contributed by atoms with Crippen molar-refractivity contribution < 1.29 is 9.90 Å². The fraction of sp³-hybridized carbons (Fsp3) is 0.103. The van der Waals surface area contributed by atoms with Crippen LogP contribution in [0.4, 0.5) is 11.4 Å². The van der Waals surface area contributed by atoms with Crippen molar-refractivity contribution in [2.75, 3.05) is 17.2 Å². The zero-order chi connectivity index (χ0) is 26.9. The molecule has 6 rings (SSSR count). The topological polar surface area (TPSA) is 141 Å². The number of fused-ring (bicyclic) bond motifs is 2. The second-order valence-electron chi connectivity index (χ2n) is 9.21. The zero-order valence-corrected chi connectivity index (χ0v) is 21.0. The molecule has 1 amide bonds. The molecular formula is C29H25N7O3. The molecule has 0 radical (unpaired) electrons. The third-order valence-electron chi connectivity index (χ3n) is 6.64. The third kappa shape index (κ3) is 4.53. The highest BCUT2D eigenvalue weighted by Crippen LogP contribution is 2.28. The van der Waals surface area contributed by atoms with Crippen LogP contribution >= 0.6 is 0 Å². The number of aliphatic hydroxyl groups excluding tert-OH is 1. The van der Waals surface area contributed by atoms with Crippen LogP contribution in [0.25, 0.3) is 38.9 Å². The largest absolute Gasteiger partial charge is 0.394 e. The first-order chi connectivity index (χ1) is 19.0. The van der Waals surface area contributed by atoms with E-state index in [1.807, 2.05) is 72.3 Å². The number of nitrogens with one attached hydrogen (secondary N) is 4. The SMILES string of the molecule is Cc1cc(-n2ccnc2)cc2[nH]c(-c3c(NC(CO)C(=O)Nc4cccc5ccccc45)cc[nH]c3=O)nc12. The summed E-state index contributed by atoms with van der Waals surface area (Å²) in [6, 6.07) is 17.9. The van der Waals surface area contributed by atoms with E-state index >= 15 is 0 Å². The predicted molar refractivity (Wildman–Crippen MR) is 151 cm³/mol. The van der Waals surface area contributed by atoms with E-state index in [0.717, 1.165) is 33.1 Å². The van der Waals surface area contributed by atoms with Crippen LogP contribution in [0, 0.1) is 6.92 Å². The van der Waals surface area contributed by atoms with Gasteiger partial charge in [-0.15, -0.1) is 0 Å². The van der Waals surface area contributed by atoms with Gasteiger partial charge in [-0.25, -0.2) is 9.97 Å². The third-order valence-corrected chi connectivity index (χ3v) is 6.64. The lowest BCUT2D eigenvalue weighted by Crippen LogP contribution is -2.38. The molecule has 0 saturated heterocycles. The summed E-state index contributed by atoms with van der Waals surface area (Å²) in [4.78, 5) is 40.9. The summed E-state index contributed by atoms with van der Waals surface area (Å²) in [6.07, 6.45) is 6.74. The maximum atomic E-state index is 13.2. The highest BCUT2D eigenvalue weighted by molar-refractivity contribution is 6.04. The summed E-state index contributed by atoms with van der Waals surface area (Å²) >= 11 is 0. The van der Waals surface area contributed by atoms with Gasteiger partial charge in [0.1, 0.15) is 17.4 Å².